The maximum absolute atomic E-state index is 12.5. The summed E-state index contributed by atoms with van der Waals surface area (Å²) in [7, 11) is 0. The van der Waals surface area contributed by atoms with Crippen LogP contribution < -0.4 is 0 Å². The molecule has 5 nitrogen and oxygen atoms in total. The van der Waals surface area contributed by atoms with E-state index in [2.05, 4.69) is 25.9 Å². The molecule has 20 heavy (non-hydrogen) atoms. The first-order valence-corrected chi connectivity index (χ1v) is 7.49. The Labute approximate surface area is 120 Å². The van der Waals surface area contributed by atoms with Gasteiger partial charge in [-0.2, -0.15) is 5.10 Å². The van der Waals surface area contributed by atoms with Crippen LogP contribution in [0, 0.1) is 5.92 Å². The summed E-state index contributed by atoms with van der Waals surface area (Å²) in [6.45, 7) is 10.5. The van der Waals surface area contributed by atoms with Gasteiger partial charge in [0.15, 0.2) is 0 Å². The van der Waals surface area contributed by atoms with Gasteiger partial charge in [-0.1, -0.05) is 6.92 Å². The largest absolute Gasteiger partial charge is 0.378 e. The van der Waals surface area contributed by atoms with Crippen LogP contribution in [-0.2, 0) is 4.74 Å². The van der Waals surface area contributed by atoms with Crippen LogP contribution in [0.15, 0.2) is 12.3 Å². The zero-order chi connectivity index (χ0) is 14.7. The molecule has 0 aliphatic carbocycles. The molecular weight excluding hydrogens is 254 g/mol. The second-order valence-corrected chi connectivity index (χ2v) is 5.79. The van der Waals surface area contributed by atoms with Gasteiger partial charge in [0, 0.05) is 31.9 Å². The minimum absolute atomic E-state index is 0.0335. The summed E-state index contributed by atoms with van der Waals surface area (Å²) in [6.07, 6.45) is 3.05. The van der Waals surface area contributed by atoms with Crippen molar-refractivity contribution >= 4 is 5.91 Å². The fraction of sp³-hybridized carbons (Fsp3) is 0.733. The molecule has 112 valence electrons. The molecule has 1 aliphatic rings. The number of nitrogens with zero attached hydrogens (tertiary/aromatic N) is 3. The second-order valence-electron chi connectivity index (χ2n) is 5.79. The van der Waals surface area contributed by atoms with Gasteiger partial charge < -0.3 is 9.64 Å². The molecule has 1 saturated heterocycles. The van der Waals surface area contributed by atoms with E-state index in [4.69, 9.17) is 4.74 Å². The topological polar surface area (TPSA) is 47.4 Å². The third kappa shape index (κ3) is 3.20. The van der Waals surface area contributed by atoms with Crippen molar-refractivity contribution < 1.29 is 9.53 Å². The molecule has 0 spiro atoms. The Morgan fingerprint density at radius 2 is 2.30 bits per heavy atom. The molecule has 2 rings (SSSR count). The third-order valence-electron chi connectivity index (χ3n) is 3.85. The first-order valence-electron chi connectivity index (χ1n) is 7.49. The quantitative estimate of drug-likeness (QED) is 0.850. The summed E-state index contributed by atoms with van der Waals surface area (Å²) in [6, 6.07) is 2.08. The average Bonchev–Trinajstić information content (AvgIpc) is 2.90. The van der Waals surface area contributed by atoms with Crippen LogP contribution in [0.4, 0.5) is 0 Å². The molecule has 1 aromatic heterocycles. The average molecular weight is 279 g/mol. The first-order chi connectivity index (χ1) is 9.52. The van der Waals surface area contributed by atoms with Crippen molar-refractivity contribution in [3.63, 3.8) is 0 Å². The van der Waals surface area contributed by atoms with Gasteiger partial charge in [0.1, 0.15) is 5.69 Å². The standard InChI is InChI=1S/C15H25N3O2/c1-5-20-14-7-8-17(10-12(14)4)15(19)13-6-9-18(16-13)11(2)3/h6,9,11-12,14H,5,7-8,10H2,1-4H3/t12-,14-/m1/s1. The van der Waals surface area contributed by atoms with Crippen molar-refractivity contribution in [2.75, 3.05) is 19.7 Å². The van der Waals surface area contributed by atoms with Gasteiger partial charge >= 0.3 is 0 Å². The Kier molecular flexibility index (Phi) is 4.81. The number of hydrogen-bond acceptors (Lipinski definition) is 3. The summed E-state index contributed by atoms with van der Waals surface area (Å²) in [4.78, 5) is 14.4. The van der Waals surface area contributed by atoms with Crippen LogP contribution in [0.5, 0.6) is 0 Å². The lowest BCUT2D eigenvalue weighted by Gasteiger charge is -2.36. The minimum atomic E-state index is 0.0335. The number of carbonyl (C=O) groups excluding carboxylic acids is 1. The second kappa shape index (κ2) is 6.39. The van der Waals surface area contributed by atoms with Crippen LogP contribution >= 0.6 is 0 Å². The van der Waals surface area contributed by atoms with E-state index in [-0.39, 0.29) is 18.1 Å². The third-order valence-corrected chi connectivity index (χ3v) is 3.85. The first kappa shape index (κ1) is 15.0. The number of piperidine rings is 1. The van der Waals surface area contributed by atoms with E-state index in [1.54, 1.807) is 0 Å². The van der Waals surface area contributed by atoms with Crippen molar-refractivity contribution in [1.29, 1.82) is 0 Å². The molecule has 1 aliphatic heterocycles. The Morgan fingerprint density at radius 1 is 1.55 bits per heavy atom. The monoisotopic (exact) mass is 279 g/mol. The number of aromatic nitrogens is 2. The van der Waals surface area contributed by atoms with Gasteiger partial charge in [-0.25, -0.2) is 0 Å². The van der Waals surface area contributed by atoms with E-state index in [0.29, 0.717) is 11.6 Å². The summed E-state index contributed by atoms with van der Waals surface area (Å²) in [5, 5.41) is 4.36. The predicted octanol–water partition coefficient (Wildman–Crippen LogP) is 2.35. The van der Waals surface area contributed by atoms with Crippen molar-refractivity contribution in [1.82, 2.24) is 14.7 Å². The van der Waals surface area contributed by atoms with Crippen molar-refractivity contribution in [2.45, 2.75) is 46.3 Å². The van der Waals surface area contributed by atoms with Crippen LogP contribution in [0.3, 0.4) is 0 Å². The summed E-state index contributed by atoms with van der Waals surface area (Å²) >= 11 is 0. The molecule has 0 radical (unpaired) electrons. The van der Waals surface area contributed by atoms with Crippen LogP contribution in [0.25, 0.3) is 0 Å². The number of rotatable bonds is 4. The van der Waals surface area contributed by atoms with E-state index in [9.17, 15) is 4.79 Å². The SMILES string of the molecule is CCO[C@@H]1CCN(C(=O)c2ccn(C(C)C)n2)C[C@H]1C. The molecule has 1 aromatic rings. The Balaban J connectivity index is 1.99. The van der Waals surface area contributed by atoms with Crippen molar-refractivity contribution in [3.8, 4) is 0 Å². The summed E-state index contributed by atoms with van der Waals surface area (Å²) in [5.41, 5.74) is 0.542. The number of ether oxygens (including phenoxy) is 1. The minimum Gasteiger partial charge on any atom is -0.378 e. The molecule has 0 aromatic carbocycles. The summed E-state index contributed by atoms with van der Waals surface area (Å²) < 4.78 is 7.53. The number of amides is 1. The maximum atomic E-state index is 12.5. The molecule has 5 heteroatoms. The molecule has 2 atom stereocenters. The molecule has 1 fully saturated rings. The predicted molar refractivity (Wildman–Crippen MR) is 77.7 cm³/mol. The van der Waals surface area contributed by atoms with E-state index in [1.165, 1.54) is 0 Å². The Bertz CT molecular complexity index is 456. The molecule has 0 unspecified atom stereocenters. The highest BCUT2D eigenvalue weighted by Crippen LogP contribution is 2.21. The molecule has 0 N–H and O–H groups in total. The number of likely N-dealkylation sites (tertiary alicyclic amines) is 1. The fourth-order valence-electron chi connectivity index (χ4n) is 2.67. The van der Waals surface area contributed by atoms with Crippen LogP contribution in [-0.4, -0.2) is 46.4 Å². The molecule has 0 bridgehead atoms. The Hall–Kier alpha value is -1.36. The lowest BCUT2D eigenvalue weighted by atomic mass is 9.96. The van der Waals surface area contributed by atoms with E-state index in [1.807, 2.05) is 28.8 Å². The zero-order valence-electron chi connectivity index (χ0n) is 12.9. The normalized spacial score (nSPS) is 23.4. The number of hydrogen-bond donors (Lipinski definition) is 0. The molecular formula is C15H25N3O2. The number of carbonyl (C=O) groups is 1. The maximum Gasteiger partial charge on any atom is 0.274 e. The van der Waals surface area contributed by atoms with Gasteiger partial charge in [0.2, 0.25) is 0 Å². The molecule has 0 saturated carbocycles. The Morgan fingerprint density at radius 3 is 2.85 bits per heavy atom. The molecule has 1 amide bonds. The van der Waals surface area contributed by atoms with Gasteiger partial charge in [-0.3, -0.25) is 9.48 Å². The van der Waals surface area contributed by atoms with Crippen molar-refractivity contribution in [3.05, 3.63) is 18.0 Å². The summed E-state index contributed by atoms with van der Waals surface area (Å²) in [5.74, 6) is 0.408. The van der Waals surface area contributed by atoms with Crippen LogP contribution in [0.1, 0.15) is 50.6 Å². The zero-order valence-corrected chi connectivity index (χ0v) is 12.9. The van der Waals surface area contributed by atoms with Gasteiger partial charge in [0.25, 0.3) is 5.91 Å². The van der Waals surface area contributed by atoms with E-state index in [0.717, 1.165) is 26.1 Å². The van der Waals surface area contributed by atoms with E-state index >= 15 is 0 Å². The van der Waals surface area contributed by atoms with Crippen molar-refractivity contribution in [2.24, 2.45) is 5.92 Å². The molecule has 2 heterocycles. The lowest BCUT2D eigenvalue weighted by molar-refractivity contribution is -0.0180. The van der Waals surface area contributed by atoms with Crippen LogP contribution in [0.2, 0.25) is 0 Å². The van der Waals surface area contributed by atoms with E-state index < -0.39 is 0 Å². The fourth-order valence-corrected chi connectivity index (χ4v) is 2.67. The van der Waals surface area contributed by atoms with Gasteiger partial charge in [-0.15, -0.1) is 0 Å². The highest BCUT2D eigenvalue weighted by Gasteiger charge is 2.30. The lowest BCUT2D eigenvalue weighted by Crippen LogP contribution is -2.46. The highest BCUT2D eigenvalue weighted by molar-refractivity contribution is 5.92. The smallest absolute Gasteiger partial charge is 0.274 e. The van der Waals surface area contributed by atoms with Gasteiger partial charge in [0.05, 0.1) is 6.10 Å². The highest BCUT2D eigenvalue weighted by atomic mass is 16.5. The van der Waals surface area contributed by atoms with Gasteiger partial charge in [-0.05, 0) is 39.2 Å².